The lowest BCUT2D eigenvalue weighted by Gasteiger charge is -2.32. The molecule has 0 spiro atoms. The molecule has 0 saturated carbocycles. The van der Waals surface area contributed by atoms with Crippen molar-refractivity contribution in [2.24, 2.45) is 5.92 Å². The van der Waals surface area contributed by atoms with Crippen molar-refractivity contribution in [2.75, 3.05) is 13.1 Å². The Hall–Kier alpha value is -2.07. The zero-order valence-corrected chi connectivity index (χ0v) is 16.1. The van der Waals surface area contributed by atoms with Gasteiger partial charge in [0.2, 0.25) is 5.91 Å². The van der Waals surface area contributed by atoms with Crippen LogP contribution in [0.4, 0.5) is 0 Å². The van der Waals surface area contributed by atoms with E-state index >= 15 is 0 Å². The van der Waals surface area contributed by atoms with E-state index in [0.29, 0.717) is 24.3 Å². The predicted molar refractivity (Wildman–Crippen MR) is 105 cm³/mol. The maximum absolute atomic E-state index is 12.1. The summed E-state index contributed by atoms with van der Waals surface area (Å²) >= 11 is 0. The smallest absolute Gasteiger partial charge is 0.222 e. The Bertz CT molecular complexity index is 710. The van der Waals surface area contributed by atoms with Gasteiger partial charge >= 0.3 is 0 Å². The van der Waals surface area contributed by atoms with Crippen LogP contribution in [-0.2, 0) is 11.3 Å². The van der Waals surface area contributed by atoms with Crippen LogP contribution in [0.1, 0.15) is 44.4 Å². The number of likely N-dealkylation sites (tertiary alicyclic amines) is 1. The zero-order valence-electron chi connectivity index (χ0n) is 16.1. The maximum Gasteiger partial charge on any atom is 0.222 e. The molecule has 3 rings (SSSR count). The molecular formula is C22H30N2O2. The number of rotatable bonds is 6. The van der Waals surface area contributed by atoms with E-state index in [1.165, 1.54) is 5.56 Å². The van der Waals surface area contributed by atoms with Crippen molar-refractivity contribution in [3.8, 4) is 11.3 Å². The Balaban J connectivity index is 1.46. The van der Waals surface area contributed by atoms with Gasteiger partial charge in [-0.05, 0) is 37.8 Å². The average molecular weight is 354 g/mol. The second-order valence-corrected chi connectivity index (χ2v) is 7.77. The molecule has 0 bridgehead atoms. The van der Waals surface area contributed by atoms with Crippen molar-refractivity contribution < 1.29 is 9.21 Å². The Labute approximate surface area is 156 Å². The summed E-state index contributed by atoms with van der Waals surface area (Å²) in [4.78, 5) is 14.2. The highest BCUT2D eigenvalue weighted by atomic mass is 16.3. The summed E-state index contributed by atoms with van der Waals surface area (Å²) in [5, 5.41) is 3.58. The van der Waals surface area contributed by atoms with E-state index in [2.05, 4.69) is 50.4 Å². The maximum atomic E-state index is 12.1. The lowest BCUT2D eigenvalue weighted by Crippen LogP contribution is -2.44. The molecule has 2 heterocycles. The Kier molecular flexibility index (Phi) is 6.15. The summed E-state index contributed by atoms with van der Waals surface area (Å²) in [6, 6.07) is 12.9. The molecule has 0 atom stereocenters. The SMILES string of the molecule is Cc1ccc(-c2ccc(CNC3CCN(C(=O)CC(C)C)CC3)o2)cc1. The van der Waals surface area contributed by atoms with Gasteiger partial charge in [-0.25, -0.2) is 0 Å². The number of furan rings is 1. The third kappa shape index (κ3) is 4.98. The van der Waals surface area contributed by atoms with Crippen LogP contribution in [0.15, 0.2) is 40.8 Å². The standard InChI is InChI=1S/C22H30N2O2/c1-16(2)14-22(25)24-12-10-19(11-13-24)23-15-20-8-9-21(26-20)18-6-4-17(3)5-7-18/h4-9,16,19,23H,10-15H2,1-3H3. The van der Waals surface area contributed by atoms with Gasteiger partial charge in [-0.2, -0.15) is 0 Å². The fourth-order valence-corrected chi connectivity index (χ4v) is 3.40. The fourth-order valence-electron chi connectivity index (χ4n) is 3.40. The second-order valence-electron chi connectivity index (χ2n) is 7.77. The average Bonchev–Trinajstić information content (AvgIpc) is 3.09. The topological polar surface area (TPSA) is 45.5 Å². The summed E-state index contributed by atoms with van der Waals surface area (Å²) in [5.41, 5.74) is 2.36. The van der Waals surface area contributed by atoms with Crippen molar-refractivity contribution in [1.29, 1.82) is 0 Å². The number of carbonyl (C=O) groups excluding carboxylic acids is 1. The predicted octanol–water partition coefficient (Wildman–Crippen LogP) is 4.38. The molecule has 1 aliphatic rings. The third-order valence-electron chi connectivity index (χ3n) is 4.99. The van der Waals surface area contributed by atoms with Crippen molar-refractivity contribution in [3.63, 3.8) is 0 Å². The first-order valence-electron chi connectivity index (χ1n) is 9.68. The van der Waals surface area contributed by atoms with Crippen LogP contribution >= 0.6 is 0 Å². The molecule has 1 aromatic heterocycles. The number of amides is 1. The highest BCUT2D eigenvalue weighted by Gasteiger charge is 2.23. The minimum atomic E-state index is 0.298. The fraction of sp³-hybridized carbons (Fsp3) is 0.500. The molecule has 0 radical (unpaired) electrons. The quantitative estimate of drug-likeness (QED) is 0.837. The van der Waals surface area contributed by atoms with Crippen LogP contribution in [0.5, 0.6) is 0 Å². The molecule has 1 aliphatic heterocycles. The van der Waals surface area contributed by atoms with Gasteiger partial charge in [0, 0.05) is 31.1 Å². The molecule has 1 N–H and O–H groups in total. The van der Waals surface area contributed by atoms with E-state index in [1.54, 1.807) is 0 Å². The minimum Gasteiger partial charge on any atom is -0.460 e. The van der Waals surface area contributed by atoms with Crippen LogP contribution in [0.2, 0.25) is 0 Å². The summed E-state index contributed by atoms with van der Waals surface area (Å²) in [6.45, 7) is 8.73. The molecule has 0 unspecified atom stereocenters. The molecule has 0 aliphatic carbocycles. The number of nitrogens with zero attached hydrogens (tertiary/aromatic N) is 1. The first kappa shape index (κ1) is 18.7. The molecule has 1 amide bonds. The molecule has 26 heavy (non-hydrogen) atoms. The Morgan fingerprint density at radius 3 is 2.50 bits per heavy atom. The summed E-state index contributed by atoms with van der Waals surface area (Å²) in [5.74, 6) is 2.60. The van der Waals surface area contributed by atoms with Crippen molar-refractivity contribution in [3.05, 3.63) is 47.7 Å². The molecule has 1 aromatic carbocycles. The van der Waals surface area contributed by atoms with Crippen LogP contribution in [0, 0.1) is 12.8 Å². The molecule has 4 heteroatoms. The largest absolute Gasteiger partial charge is 0.460 e. The van der Waals surface area contributed by atoms with Gasteiger partial charge in [0.05, 0.1) is 6.54 Å². The Morgan fingerprint density at radius 2 is 1.85 bits per heavy atom. The molecule has 1 saturated heterocycles. The highest BCUT2D eigenvalue weighted by molar-refractivity contribution is 5.76. The van der Waals surface area contributed by atoms with E-state index in [9.17, 15) is 4.79 Å². The number of aryl methyl sites for hydroxylation is 1. The van der Waals surface area contributed by atoms with Gasteiger partial charge in [-0.3, -0.25) is 4.79 Å². The van der Waals surface area contributed by atoms with Gasteiger partial charge in [0.15, 0.2) is 0 Å². The first-order chi connectivity index (χ1) is 12.5. The molecule has 1 fully saturated rings. The number of carbonyl (C=O) groups is 1. The number of nitrogens with one attached hydrogen (secondary N) is 1. The van der Waals surface area contributed by atoms with Crippen LogP contribution in [0.25, 0.3) is 11.3 Å². The lowest BCUT2D eigenvalue weighted by atomic mass is 10.0. The van der Waals surface area contributed by atoms with E-state index in [1.807, 2.05) is 17.0 Å². The minimum absolute atomic E-state index is 0.298. The summed E-state index contributed by atoms with van der Waals surface area (Å²) in [7, 11) is 0. The number of hydrogen-bond donors (Lipinski definition) is 1. The molecule has 140 valence electrons. The van der Waals surface area contributed by atoms with Crippen molar-refractivity contribution in [2.45, 2.75) is 52.6 Å². The van der Waals surface area contributed by atoms with Gasteiger partial charge < -0.3 is 14.6 Å². The first-order valence-corrected chi connectivity index (χ1v) is 9.68. The number of hydrogen-bond acceptors (Lipinski definition) is 3. The number of piperidine rings is 1. The molecular weight excluding hydrogens is 324 g/mol. The highest BCUT2D eigenvalue weighted by Crippen LogP contribution is 2.23. The van der Waals surface area contributed by atoms with Crippen LogP contribution < -0.4 is 5.32 Å². The van der Waals surface area contributed by atoms with Crippen LogP contribution in [-0.4, -0.2) is 29.9 Å². The molecule has 2 aromatic rings. The summed E-state index contributed by atoms with van der Waals surface area (Å²) < 4.78 is 5.98. The van der Waals surface area contributed by atoms with E-state index in [-0.39, 0.29) is 0 Å². The molecule has 4 nitrogen and oxygen atoms in total. The monoisotopic (exact) mass is 354 g/mol. The second kappa shape index (κ2) is 8.54. The van der Waals surface area contributed by atoms with E-state index in [4.69, 9.17) is 4.42 Å². The number of benzene rings is 1. The van der Waals surface area contributed by atoms with E-state index < -0.39 is 0 Å². The lowest BCUT2D eigenvalue weighted by molar-refractivity contribution is -0.133. The Morgan fingerprint density at radius 1 is 1.15 bits per heavy atom. The van der Waals surface area contributed by atoms with Crippen molar-refractivity contribution >= 4 is 5.91 Å². The van der Waals surface area contributed by atoms with Crippen LogP contribution in [0.3, 0.4) is 0 Å². The normalized spacial score (nSPS) is 15.6. The van der Waals surface area contributed by atoms with Gasteiger partial charge in [-0.15, -0.1) is 0 Å². The van der Waals surface area contributed by atoms with Gasteiger partial charge in [0.1, 0.15) is 11.5 Å². The van der Waals surface area contributed by atoms with E-state index in [0.717, 1.165) is 49.6 Å². The summed E-state index contributed by atoms with van der Waals surface area (Å²) in [6.07, 6.45) is 2.68. The third-order valence-corrected chi connectivity index (χ3v) is 4.99. The van der Waals surface area contributed by atoms with Gasteiger partial charge in [0.25, 0.3) is 0 Å². The zero-order chi connectivity index (χ0) is 18.5. The van der Waals surface area contributed by atoms with Gasteiger partial charge in [-0.1, -0.05) is 43.7 Å². The van der Waals surface area contributed by atoms with Crippen molar-refractivity contribution in [1.82, 2.24) is 10.2 Å².